The summed E-state index contributed by atoms with van der Waals surface area (Å²) >= 11 is 3.26. The fourth-order valence-corrected chi connectivity index (χ4v) is 2.43. The average Bonchev–Trinajstić information content (AvgIpc) is 2.64. The lowest BCUT2D eigenvalue weighted by Crippen LogP contribution is -2.34. The van der Waals surface area contributed by atoms with Crippen LogP contribution in [0, 0.1) is 0 Å². The van der Waals surface area contributed by atoms with Crippen LogP contribution in [0.3, 0.4) is 0 Å². The van der Waals surface area contributed by atoms with Crippen molar-refractivity contribution >= 4 is 27.6 Å². The quantitative estimate of drug-likeness (QED) is 0.901. The standard InChI is InChI=1S/C12H14BrNO3/c1-12(4-5-17-7-12)14-8-2-3-9(11(15)16)10(13)6-8/h2-3,6,14H,4-5,7H2,1H3,(H,15,16). The lowest BCUT2D eigenvalue weighted by atomic mass is 10.0. The number of carboxylic acid groups (broad SMARTS) is 1. The Morgan fingerprint density at radius 2 is 2.35 bits per heavy atom. The van der Waals surface area contributed by atoms with Gasteiger partial charge in [-0.05, 0) is 47.5 Å². The summed E-state index contributed by atoms with van der Waals surface area (Å²) in [5.74, 6) is -0.932. The molecule has 0 saturated carbocycles. The molecule has 0 aromatic heterocycles. The lowest BCUT2D eigenvalue weighted by molar-refractivity contribution is 0.0696. The Balaban J connectivity index is 2.17. The summed E-state index contributed by atoms with van der Waals surface area (Å²) in [7, 11) is 0. The SMILES string of the molecule is CC1(Nc2ccc(C(=O)O)c(Br)c2)CCOC1. The van der Waals surface area contributed by atoms with Crippen LogP contribution in [0.15, 0.2) is 22.7 Å². The summed E-state index contributed by atoms with van der Waals surface area (Å²) in [6.45, 7) is 3.53. The highest BCUT2D eigenvalue weighted by atomic mass is 79.9. The van der Waals surface area contributed by atoms with E-state index >= 15 is 0 Å². The van der Waals surface area contributed by atoms with Crippen molar-refractivity contribution in [1.82, 2.24) is 0 Å². The topological polar surface area (TPSA) is 58.6 Å². The van der Waals surface area contributed by atoms with Crippen molar-refractivity contribution in [3.05, 3.63) is 28.2 Å². The molecule has 1 fully saturated rings. The van der Waals surface area contributed by atoms with E-state index in [1.54, 1.807) is 18.2 Å². The van der Waals surface area contributed by atoms with Gasteiger partial charge in [0.2, 0.25) is 0 Å². The third-order valence-corrected chi connectivity index (χ3v) is 3.52. The molecule has 17 heavy (non-hydrogen) atoms. The third kappa shape index (κ3) is 2.79. The predicted molar refractivity (Wildman–Crippen MR) is 68.6 cm³/mol. The van der Waals surface area contributed by atoms with Crippen LogP contribution in [-0.4, -0.2) is 29.8 Å². The first-order chi connectivity index (χ1) is 8.00. The highest BCUT2D eigenvalue weighted by molar-refractivity contribution is 9.10. The molecule has 0 amide bonds. The molecule has 0 aliphatic carbocycles. The molecule has 1 aromatic rings. The molecule has 1 aliphatic rings. The molecule has 1 unspecified atom stereocenters. The lowest BCUT2D eigenvalue weighted by Gasteiger charge is -2.25. The minimum atomic E-state index is -0.932. The number of nitrogens with one attached hydrogen (secondary N) is 1. The van der Waals surface area contributed by atoms with Crippen molar-refractivity contribution in [1.29, 1.82) is 0 Å². The van der Waals surface area contributed by atoms with Gasteiger partial charge in [0.25, 0.3) is 0 Å². The van der Waals surface area contributed by atoms with Crippen molar-refractivity contribution in [3.8, 4) is 0 Å². The monoisotopic (exact) mass is 299 g/mol. The van der Waals surface area contributed by atoms with Gasteiger partial charge in [0, 0.05) is 16.8 Å². The molecule has 1 aliphatic heterocycles. The molecule has 4 nitrogen and oxygen atoms in total. The van der Waals surface area contributed by atoms with Gasteiger partial charge in [0.1, 0.15) is 0 Å². The molecule has 1 saturated heterocycles. The number of anilines is 1. The number of hydrogen-bond acceptors (Lipinski definition) is 3. The second-order valence-electron chi connectivity index (χ2n) is 4.49. The van der Waals surface area contributed by atoms with E-state index < -0.39 is 5.97 Å². The fraction of sp³-hybridized carbons (Fsp3) is 0.417. The van der Waals surface area contributed by atoms with E-state index in [1.165, 1.54) is 0 Å². The number of halogens is 1. The second-order valence-corrected chi connectivity index (χ2v) is 5.34. The Labute approximate surface area is 108 Å². The number of rotatable bonds is 3. The maximum absolute atomic E-state index is 10.9. The minimum Gasteiger partial charge on any atom is -0.478 e. The zero-order chi connectivity index (χ0) is 12.5. The highest BCUT2D eigenvalue weighted by Crippen LogP contribution is 2.27. The molecule has 0 radical (unpaired) electrons. The molecule has 0 bridgehead atoms. The Kier molecular flexibility index (Phi) is 3.40. The average molecular weight is 300 g/mol. The molecule has 92 valence electrons. The molecule has 2 N–H and O–H groups in total. The van der Waals surface area contributed by atoms with E-state index in [-0.39, 0.29) is 11.1 Å². The minimum absolute atomic E-state index is 0.0653. The van der Waals surface area contributed by atoms with Gasteiger partial charge in [0.05, 0.1) is 17.7 Å². The molecule has 1 aromatic carbocycles. The number of carboxylic acids is 1. The molecule has 1 atom stereocenters. The molecule has 2 rings (SSSR count). The number of aromatic carboxylic acids is 1. The molecular formula is C12H14BrNO3. The summed E-state index contributed by atoms with van der Waals surface area (Å²) in [6.07, 6.45) is 0.950. The smallest absolute Gasteiger partial charge is 0.336 e. The van der Waals surface area contributed by atoms with Crippen LogP contribution in [0.25, 0.3) is 0 Å². The zero-order valence-corrected chi connectivity index (χ0v) is 11.1. The van der Waals surface area contributed by atoms with Crippen LogP contribution in [0.1, 0.15) is 23.7 Å². The first-order valence-corrected chi connectivity index (χ1v) is 6.18. The summed E-state index contributed by atoms with van der Waals surface area (Å²) in [5, 5.41) is 12.3. The predicted octanol–water partition coefficient (Wildman–Crippen LogP) is 2.74. The largest absolute Gasteiger partial charge is 0.478 e. The van der Waals surface area contributed by atoms with Crippen LogP contribution in [0.5, 0.6) is 0 Å². The molecular weight excluding hydrogens is 286 g/mol. The number of benzene rings is 1. The molecule has 5 heteroatoms. The van der Waals surface area contributed by atoms with Gasteiger partial charge in [-0.2, -0.15) is 0 Å². The number of hydrogen-bond donors (Lipinski definition) is 2. The van der Waals surface area contributed by atoms with Crippen molar-refractivity contribution < 1.29 is 14.6 Å². The van der Waals surface area contributed by atoms with Gasteiger partial charge >= 0.3 is 5.97 Å². The maximum Gasteiger partial charge on any atom is 0.336 e. The first kappa shape index (κ1) is 12.4. The summed E-state index contributed by atoms with van der Waals surface area (Å²) in [6, 6.07) is 5.15. The summed E-state index contributed by atoms with van der Waals surface area (Å²) in [4.78, 5) is 10.9. The van der Waals surface area contributed by atoms with Crippen molar-refractivity contribution in [2.45, 2.75) is 18.9 Å². The fourth-order valence-electron chi connectivity index (χ4n) is 1.88. The van der Waals surface area contributed by atoms with E-state index in [4.69, 9.17) is 9.84 Å². The van der Waals surface area contributed by atoms with Crippen LogP contribution in [0.2, 0.25) is 0 Å². The molecule has 0 spiro atoms. The van der Waals surface area contributed by atoms with E-state index in [1.807, 2.05) is 0 Å². The van der Waals surface area contributed by atoms with Gasteiger partial charge in [-0.3, -0.25) is 0 Å². The van der Waals surface area contributed by atoms with Crippen LogP contribution >= 0.6 is 15.9 Å². The number of ether oxygens (including phenoxy) is 1. The maximum atomic E-state index is 10.9. The van der Waals surface area contributed by atoms with Crippen LogP contribution < -0.4 is 5.32 Å². The normalized spacial score (nSPS) is 23.6. The van der Waals surface area contributed by atoms with E-state index in [9.17, 15) is 4.79 Å². The first-order valence-electron chi connectivity index (χ1n) is 5.39. The zero-order valence-electron chi connectivity index (χ0n) is 9.50. The highest BCUT2D eigenvalue weighted by Gasteiger charge is 2.29. The Morgan fingerprint density at radius 1 is 1.59 bits per heavy atom. The van der Waals surface area contributed by atoms with Gasteiger partial charge in [-0.15, -0.1) is 0 Å². The van der Waals surface area contributed by atoms with E-state index in [0.29, 0.717) is 11.1 Å². The Bertz CT molecular complexity index is 441. The molecule has 1 heterocycles. The summed E-state index contributed by atoms with van der Waals surface area (Å²) < 4.78 is 5.94. The Hall–Kier alpha value is -1.07. The van der Waals surface area contributed by atoms with Crippen LogP contribution in [0.4, 0.5) is 5.69 Å². The van der Waals surface area contributed by atoms with E-state index in [0.717, 1.165) is 18.7 Å². The van der Waals surface area contributed by atoms with E-state index in [2.05, 4.69) is 28.2 Å². The summed E-state index contributed by atoms with van der Waals surface area (Å²) in [5.41, 5.74) is 1.10. The van der Waals surface area contributed by atoms with Gasteiger partial charge in [0.15, 0.2) is 0 Å². The van der Waals surface area contributed by atoms with Crippen LogP contribution in [-0.2, 0) is 4.74 Å². The van der Waals surface area contributed by atoms with Gasteiger partial charge in [-0.1, -0.05) is 0 Å². The third-order valence-electron chi connectivity index (χ3n) is 2.86. The number of carbonyl (C=O) groups is 1. The Morgan fingerprint density at radius 3 is 2.88 bits per heavy atom. The second kappa shape index (κ2) is 4.66. The van der Waals surface area contributed by atoms with Crippen molar-refractivity contribution in [2.75, 3.05) is 18.5 Å². The van der Waals surface area contributed by atoms with Gasteiger partial charge < -0.3 is 15.2 Å². The van der Waals surface area contributed by atoms with Gasteiger partial charge in [-0.25, -0.2) is 4.79 Å². The van der Waals surface area contributed by atoms with Crippen molar-refractivity contribution in [2.24, 2.45) is 0 Å². The van der Waals surface area contributed by atoms with Crippen molar-refractivity contribution in [3.63, 3.8) is 0 Å².